The molecule has 2 aliphatic heterocycles. The molecule has 1 aromatic carbocycles. The molecule has 140 valence electrons. The summed E-state index contributed by atoms with van der Waals surface area (Å²) < 4.78 is 75.9. The quantitative estimate of drug-likeness (QED) is 0.665. The maximum absolute atomic E-state index is 12.6. The molecule has 0 spiro atoms. The number of nitrogens with zero attached hydrogens (tertiary/aromatic N) is 2. The molecule has 0 aromatic heterocycles. The molecule has 1 aromatic rings. The molecule has 0 aliphatic carbocycles. The smallest absolute Gasteiger partial charge is 0.229 e. The lowest BCUT2D eigenvalue weighted by atomic mass is 10.4. The van der Waals surface area contributed by atoms with E-state index in [0.29, 0.717) is 0 Å². The molecule has 0 bridgehead atoms. The number of hydrogen-bond donors (Lipinski definition) is 0. The molecule has 0 radical (unpaired) electrons. The number of benzene rings is 1. The highest BCUT2D eigenvalue weighted by Crippen LogP contribution is 2.24. The van der Waals surface area contributed by atoms with Crippen LogP contribution in [0.15, 0.2) is 35.2 Å². The predicted octanol–water partition coefficient (Wildman–Crippen LogP) is -0.490. The van der Waals surface area contributed by atoms with Crippen molar-refractivity contribution >= 4 is 29.9 Å². The van der Waals surface area contributed by atoms with Crippen molar-refractivity contribution in [1.29, 1.82) is 0 Å². The van der Waals surface area contributed by atoms with E-state index in [-0.39, 0.29) is 49.0 Å². The molecule has 1 atom stereocenters. The lowest BCUT2D eigenvalue weighted by Crippen LogP contribution is -2.52. The van der Waals surface area contributed by atoms with Crippen molar-refractivity contribution in [2.75, 3.05) is 37.7 Å². The molecule has 11 heteroatoms. The first kappa shape index (κ1) is 18.8. The van der Waals surface area contributed by atoms with Gasteiger partial charge in [0, 0.05) is 26.2 Å². The van der Waals surface area contributed by atoms with E-state index in [1.807, 2.05) is 0 Å². The van der Waals surface area contributed by atoms with Crippen LogP contribution in [0.4, 0.5) is 0 Å². The Morgan fingerprint density at radius 1 is 0.880 bits per heavy atom. The third-order valence-corrected chi connectivity index (χ3v) is 10.8. The minimum absolute atomic E-state index is 0.0327. The summed E-state index contributed by atoms with van der Waals surface area (Å²) in [6.45, 7) is 0.168. The van der Waals surface area contributed by atoms with Gasteiger partial charge in [0.2, 0.25) is 20.0 Å². The zero-order valence-corrected chi connectivity index (χ0v) is 15.9. The minimum Gasteiger partial charge on any atom is -0.229 e. The van der Waals surface area contributed by atoms with Crippen LogP contribution in [0.2, 0.25) is 0 Å². The van der Waals surface area contributed by atoms with Crippen molar-refractivity contribution in [2.24, 2.45) is 0 Å². The molecule has 2 saturated heterocycles. The van der Waals surface area contributed by atoms with Gasteiger partial charge in [-0.2, -0.15) is 8.61 Å². The minimum atomic E-state index is -3.73. The van der Waals surface area contributed by atoms with E-state index in [1.54, 1.807) is 18.2 Å². The second kappa shape index (κ2) is 6.62. The van der Waals surface area contributed by atoms with Crippen LogP contribution in [0, 0.1) is 0 Å². The van der Waals surface area contributed by atoms with Crippen molar-refractivity contribution in [1.82, 2.24) is 8.61 Å². The molecule has 1 unspecified atom stereocenters. The number of sulfone groups is 1. The van der Waals surface area contributed by atoms with E-state index in [1.165, 1.54) is 20.7 Å². The molecular formula is C14H20N2O6S3. The normalized spacial score (nSPS) is 25.8. The predicted molar refractivity (Wildman–Crippen MR) is 92.8 cm³/mol. The van der Waals surface area contributed by atoms with Crippen molar-refractivity contribution in [2.45, 2.75) is 16.6 Å². The van der Waals surface area contributed by atoms with Crippen LogP contribution in [0.1, 0.15) is 6.42 Å². The van der Waals surface area contributed by atoms with Crippen molar-refractivity contribution in [3.05, 3.63) is 30.3 Å². The summed E-state index contributed by atoms with van der Waals surface area (Å²) in [6.07, 6.45) is 0.104. The number of piperazine rings is 1. The highest BCUT2D eigenvalue weighted by Gasteiger charge is 2.42. The van der Waals surface area contributed by atoms with Crippen LogP contribution in [0.25, 0.3) is 0 Å². The first-order valence-electron chi connectivity index (χ1n) is 7.87. The Kier molecular flexibility index (Phi) is 4.97. The largest absolute Gasteiger partial charge is 0.243 e. The number of hydrogen-bond acceptors (Lipinski definition) is 6. The van der Waals surface area contributed by atoms with Gasteiger partial charge in [0.1, 0.15) is 0 Å². The lowest BCUT2D eigenvalue weighted by Gasteiger charge is -2.34. The van der Waals surface area contributed by atoms with Crippen LogP contribution in [-0.4, -0.2) is 76.8 Å². The van der Waals surface area contributed by atoms with E-state index < -0.39 is 35.1 Å². The summed E-state index contributed by atoms with van der Waals surface area (Å²) in [5.41, 5.74) is 0. The topological polar surface area (TPSA) is 109 Å². The standard InChI is InChI=1S/C14H20N2O6S3/c17-23(18)11-6-14(12-23)25(21,22)16-9-7-15(8-10-16)24(19,20)13-4-2-1-3-5-13/h1-5,14H,6-12H2. The van der Waals surface area contributed by atoms with E-state index in [4.69, 9.17) is 0 Å². The SMILES string of the molecule is O=S1(=O)CCC(S(=O)(=O)N2CCN(S(=O)(=O)c3ccccc3)CC2)C1. The van der Waals surface area contributed by atoms with E-state index in [0.717, 1.165) is 0 Å². The van der Waals surface area contributed by atoms with Crippen LogP contribution < -0.4 is 0 Å². The van der Waals surface area contributed by atoms with Gasteiger partial charge in [-0.15, -0.1) is 0 Å². The van der Waals surface area contributed by atoms with Crippen LogP contribution in [-0.2, 0) is 29.9 Å². The summed E-state index contributed by atoms with van der Waals surface area (Å²) in [7, 11) is -10.7. The Balaban J connectivity index is 1.70. The van der Waals surface area contributed by atoms with E-state index in [9.17, 15) is 25.3 Å². The molecule has 0 N–H and O–H groups in total. The maximum atomic E-state index is 12.6. The third kappa shape index (κ3) is 3.75. The van der Waals surface area contributed by atoms with Gasteiger partial charge in [0.15, 0.2) is 9.84 Å². The summed E-state index contributed by atoms with van der Waals surface area (Å²) in [5.74, 6) is -0.461. The second-order valence-corrected chi connectivity index (χ2v) is 12.6. The van der Waals surface area contributed by atoms with E-state index in [2.05, 4.69) is 0 Å². The summed E-state index contributed by atoms with van der Waals surface area (Å²) in [5, 5.41) is -0.921. The fraction of sp³-hybridized carbons (Fsp3) is 0.571. The van der Waals surface area contributed by atoms with Crippen LogP contribution in [0.5, 0.6) is 0 Å². The zero-order chi connectivity index (χ0) is 18.3. The van der Waals surface area contributed by atoms with Gasteiger partial charge in [-0.25, -0.2) is 25.3 Å². The van der Waals surface area contributed by atoms with Gasteiger partial charge in [-0.1, -0.05) is 18.2 Å². The lowest BCUT2D eigenvalue weighted by molar-refractivity contribution is 0.271. The highest BCUT2D eigenvalue weighted by molar-refractivity contribution is 7.95. The van der Waals surface area contributed by atoms with Crippen LogP contribution in [0.3, 0.4) is 0 Å². The monoisotopic (exact) mass is 408 g/mol. The summed E-state index contributed by atoms with van der Waals surface area (Å²) >= 11 is 0. The van der Waals surface area contributed by atoms with Crippen molar-refractivity contribution in [3.8, 4) is 0 Å². The maximum Gasteiger partial charge on any atom is 0.243 e. The highest BCUT2D eigenvalue weighted by atomic mass is 32.2. The fourth-order valence-electron chi connectivity index (χ4n) is 3.11. The molecule has 2 heterocycles. The summed E-state index contributed by atoms with van der Waals surface area (Å²) in [4.78, 5) is 0.174. The first-order valence-corrected chi connectivity index (χ1v) is 12.6. The van der Waals surface area contributed by atoms with Gasteiger partial charge in [-0.05, 0) is 18.6 Å². The molecule has 3 rings (SSSR count). The zero-order valence-electron chi connectivity index (χ0n) is 13.5. The molecule has 0 saturated carbocycles. The Morgan fingerprint density at radius 3 is 1.96 bits per heavy atom. The Hall–Kier alpha value is -1.01. The van der Waals surface area contributed by atoms with Gasteiger partial charge in [0.05, 0.1) is 21.7 Å². The Morgan fingerprint density at radius 2 is 1.44 bits per heavy atom. The average Bonchev–Trinajstić information content (AvgIpc) is 2.96. The third-order valence-electron chi connectivity index (χ3n) is 4.55. The summed E-state index contributed by atoms with van der Waals surface area (Å²) in [6, 6.07) is 7.99. The molecular weight excluding hydrogens is 388 g/mol. The van der Waals surface area contributed by atoms with Gasteiger partial charge in [0.25, 0.3) is 0 Å². The first-order chi connectivity index (χ1) is 11.6. The van der Waals surface area contributed by atoms with Crippen molar-refractivity contribution in [3.63, 3.8) is 0 Å². The average molecular weight is 409 g/mol. The molecule has 0 amide bonds. The van der Waals surface area contributed by atoms with E-state index >= 15 is 0 Å². The molecule has 25 heavy (non-hydrogen) atoms. The Labute approximate surface area is 148 Å². The van der Waals surface area contributed by atoms with Gasteiger partial charge in [-0.3, -0.25) is 0 Å². The molecule has 8 nitrogen and oxygen atoms in total. The Bertz CT molecular complexity index is 934. The fourth-order valence-corrected chi connectivity index (χ4v) is 9.07. The number of rotatable bonds is 4. The van der Waals surface area contributed by atoms with Crippen LogP contribution >= 0.6 is 0 Å². The second-order valence-electron chi connectivity index (χ2n) is 6.19. The number of sulfonamides is 2. The molecule has 2 aliphatic rings. The van der Waals surface area contributed by atoms with Gasteiger partial charge < -0.3 is 0 Å². The van der Waals surface area contributed by atoms with Crippen molar-refractivity contribution < 1.29 is 25.3 Å². The van der Waals surface area contributed by atoms with Gasteiger partial charge >= 0.3 is 0 Å². The molecule has 2 fully saturated rings.